The average molecular weight is 389 g/mol. The Morgan fingerprint density at radius 2 is 1.74 bits per heavy atom. The van der Waals surface area contributed by atoms with Gasteiger partial charge in [0.05, 0.1) is 12.6 Å². The predicted octanol–water partition coefficient (Wildman–Crippen LogP) is 2.43. The van der Waals surface area contributed by atoms with Crippen LogP contribution in [-0.4, -0.2) is 50.6 Å². The van der Waals surface area contributed by atoms with Crippen LogP contribution >= 0.6 is 0 Å². The number of likely N-dealkylation sites (N-methyl/N-ethyl adjacent to an activating group) is 2. The van der Waals surface area contributed by atoms with Gasteiger partial charge in [0, 0.05) is 19.7 Å². The molecule has 0 bridgehead atoms. The number of halogens is 1. The molecular formula is C19H20FN3O3S. The topological polar surface area (TPSA) is 70.1 Å². The van der Waals surface area contributed by atoms with E-state index in [1.807, 2.05) is 6.92 Å². The Hall–Kier alpha value is -2.74. The molecule has 0 spiro atoms. The van der Waals surface area contributed by atoms with E-state index < -0.39 is 10.0 Å². The third-order valence-corrected chi connectivity index (χ3v) is 6.00. The van der Waals surface area contributed by atoms with Crippen molar-refractivity contribution in [1.82, 2.24) is 9.80 Å². The first-order chi connectivity index (χ1) is 12.7. The zero-order valence-electron chi connectivity index (χ0n) is 15.3. The number of carbonyl (C=O) groups is 1. The van der Waals surface area contributed by atoms with E-state index in [4.69, 9.17) is 0 Å². The van der Waals surface area contributed by atoms with Crippen LogP contribution in [-0.2, 0) is 14.8 Å². The van der Waals surface area contributed by atoms with Crippen molar-refractivity contribution >= 4 is 21.8 Å². The Balaban J connectivity index is 1.75. The molecule has 142 valence electrons. The monoisotopic (exact) mass is 389 g/mol. The molecule has 1 aliphatic heterocycles. The molecule has 2 aromatic carbocycles. The van der Waals surface area contributed by atoms with Crippen molar-refractivity contribution in [2.24, 2.45) is 4.40 Å². The lowest BCUT2D eigenvalue weighted by Crippen LogP contribution is -2.40. The molecule has 3 rings (SSSR count). The molecule has 1 heterocycles. The number of benzene rings is 2. The number of fused-ring (bicyclic) bond motifs is 1. The Labute approximate surface area is 158 Å². The first kappa shape index (κ1) is 19.0. The SMILES string of the molecule is C[C@@H](c1ccc(F)cc1)N(C)C(=O)CN(C)C1=NS(=O)(=O)c2ccccc21. The van der Waals surface area contributed by atoms with Crippen molar-refractivity contribution in [3.63, 3.8) is 0 Å². The van der Waals surface area contributed by atoms with Gasteiger partial charge in [0.1, 0.15) is 10.7 Å². The molecule has 0 radical (unpaired) electrons. The van der Waals surface area contributed by atoms with Gasteiger partial charge in [-0.05, 0) is 36.8 Å². The highest BCUT2D eigenvalue weighted by Crippen LogP contribution is 2.27. The lowest BCUT2D eigenvalue weighted by Gasteiger charge is -2.28. The highest BCUT2D eigenvalue weighted by atomic mass is 32.2. The second-order valence-electron chi connectivity index (χ2n) is 6.47. The van der Waals surface area contributed by atoms with Crippen molar-refractivity contribution in [1.29, 1.82) is 0 Å². The van der Waals surface area contributed by atoms with E-state index in [2.05, 4.69) is 4.40 Å². The van der Waals surface area contributed by atoms with Crippen molar-refractivity contribution in [2.45, 2.75) is 17.9 Å². The average Bonchev–Trinajstić information content (AvgIpc) is 2.93. The van der Waals surface area contributed by atoms with Crippen LogP contribution in [0.2, 0.25) is 0 Å². The lowest BCUT2D eigenvalue weighted by molar-refractivity contribution is -0.131. The third kappa shape index (κ3) is 3.71. The summed E-state index contributed by atoms with van der Waals surface area (Å²) in [5, 5.41) is 0. The van der Waals surface area contributed by atoms with E-state index in [1.54, 1.807) is 49.3 Å². The summed E-state index contributed by atoms with van der Waals surface area (Å²) in [5.41, 5.74) is 1.29. The fourth-order valence-corrected chi connectivity index (χ4v) is 4.19. The molecule has 0 saturated heterocycles. The molecule has 2 aromatic rings. The van der Waals surface area contributed by atoms with Gasteiger partial charge in [-0.1, -0.05) is 24.3 Å². The molecule has 0 fully saturated rings. The van der Waals surface area contributed by atoms with Crippen molar-refractivity contribution in [2.75, 3.05) is 20.6 Å². The number of rotatable bonds is 4. The highest BCUT2D eigenvalue weighted by Gasteiger charge is 2.31. The fraction of sp³-hybridized carbons (Fsp3) is 0.263. The first-order valence-electron chi connectivity index (χ1n) is 8.37. The van der Waals surface area contributed by atoms with E-state index in [9.17, 15) is 17.6 Å². The van der Waals surface area contributed by atoms with Crippen molar-refractivity contribution in [3.8, 4) is 0 Å². The van der Waals surface area contributed by atoms with E-state index in [1.165, 1.54) is 23.1 Å². The van der Waals surface area contributed by atoms with Gasteiger partial charge in [-0.2, -0.15) is 8.42 Å². The van der Waals surface area contributed by atoms with Crippen LogP contribution in [0.3, 0.4) is 0 Å². The number of sulfonamides is 1. The summed E-state index contributed by atoms with van der Waals surface area (Å²) in [5.74, 6) is -0.292. The van der Waals surface area contributed by atoms with Gasteiger partial charge in [-0.25, -0.2) is 4.39 Å². The maximum atomic E-state index is 13.1. The molecule has 1 atom stereocenters. The molecule has 1 aliphatic rings. The van der Waals surface area contributed by atoms with Crippen LogP contribution < -0.4 is 0 Å². The number of nitrogens with zero attached hydrogens (tertiary/aromatic N) is 3. The van der Waals surface area contributed by atoms with Gasteiger partial charge in [0.15, 0.2) is 5.84 Å². The zero-order valence-corrected chi connectivity index (χ0v) is 16.1. The van der Waals surface area contributed by atoms with Gasteiger partial charge in [-0.15, -0.1) is 4.40 Å². The Kier molecular flexibility index (Phi) is 5.01. The molecule has 8 heteroatoms. The molecule has 27 heavy (non-hydrogen) atoms. The van der Waals surface area contributed by atoms with E-state index in [0.29, 0.717) is 5.56 Å². The molecule has 0 aliphatic carbocycles. The summed E-state index contributed by atoms with van der Waals surface area (Å²) in [6.45, 7) is 1.81. The van der Waals surface area contributed by atoms with E-state index in [-0.39, 0.29) is 35.0 Å². The minimum atomic E-state index is -3.73. The Morgan fingerprint density at radius 1 is 1.11 bits per heavy atom. The summed E-state index contributed by atoms with van der Waals surface area (Å²) < 4.78 is 41.2. The van der Waals surface area contributed by atoms with Gasteiger partial charge >= 0.3 is 0 Å². The Morgan fingerprint density at radius 3 is 2.41 bits per heavy atom. The minimum Gasteiger partial charge on any atom is -0.349 e. The summed E-state index contributed by atoms with van der Waals surface area (Å²) in [6.07, 6.45) is 0. The second kappa shape index (κ2) is 7.11. The van der Waals surface area contributed by atoms with Crippen LogP contribution in [0.15, 0.2) is 57.8 Å². The van der Waals surface area contributed by atoms with Crippen LogP contribution in [0.4, 0.5) is 4.39 Å². The van der Waals surface area contributed by atoms with Crippen LogP contribution in [0, 0.1) is 5.82 Å². The van der Waals surface area contributed by atoms with Gasteiger partial charge < -0.3 is 9.80 Å². The number of amides is 1. The molecular weight excluding hydrogens is 369 g/mol. The predicted molar refractivity (Wildman–Crippen MR) is 100 cm³/mol. The molecule has 0 aromatic heterocycles. The summed E-state index contributed by atoms with van der Waals surface area (Å²) in [6, 6.07) is 12.3. The molecule has 6 nitrogen and oxygen atoms in total. The number of hydrogen-bond acceptors (Lipinski definition) is 4. The van der Waals surface area contributed by atoms with Crippen LogP contribution in [0.1, 0.15) is 24.1 Å². The minimum absolute atomic E-state index is 0.0370. The van der Waals surface area contributed by atoms with Crippen LogP contribution in [0.25, 0.3) is 0 Å². The smallest absolute Gasteiger partial charge is 0.285 e. The summed E-state index contributed by atoms with van der Waals surface area (Å²) >= 11 is 0. The third-order valence-electron chi connectivity index (χ3n) is 4.67. The van der Waals surface area contributed by atoms with E-state index in [0.717, 1.165) is 5.56 Å². The second-order valence-corrected chi connectivity index (χ2v) is 8.05. The zero-order chi connectivity index (χ0) is 19.8. The van der Waals surface area contributed by atoms with E-state index >= 15 is 0 Å². The lowest BCUT2D eigenvalue weighted by atomic mass is 10.1. The van der Waals surface area contributed by atoms with Gasteiger partial charge in [-0.3, -0.25) is 4.79 Å². The first-order valence-corrected chi connectivity index (χ1v) is 9.81. The van der Waals surface area contributed by atoms with Crippen molar-refractivity contribution < 1.29 is 17.6 Å². The maximum absolute atomic E-state index is 13.1. The summed E-state index contributed by atoms with van der Waals surface area (Å²) in [4.78, 5) is 15.9. The van der Waals surface area contributed by atoms with Gasteiger partial charge in [0.2, 0.25) is 5.91 Å². The van der Waals surface area contributed by atoms with Crippen LogP contribution in [0.5, 0.6) is 0 Å². The summed E-state index contributed by atoms with van der Waals surface area (Å²) in [7, 11) is -0.446. The number of amidine groups is 1. The number of carbonyl (C=O) groups excluding carboxylic acids is 1. The molecule has 0 unspecified atom stereocenters. The van der Waals surface area contributed by atoms with Crippen molar-refractivity contribution in [3.05, 3.63) is 65.5 Å². The maximum Gasteiger partial charge on any atom is 0.285 e. The molecule has 0 saturated carbocycles. The highest BCUT2D eigenvalue weighted by molar-refractivity contribution is 7.90. The normalized spacial score (nSPS) is 15.6. The molecule has 1 amide bonds. The number of hydrogen-bond donors (Lipinski definition) is 0. The quantitative estimate of drug-likeness (QED) is 0.805. The Bertz CT molecular complexity index is 1000. The van der Waals surface area contributed by atoms with Gasteiger partial charge in [0.25, 0.3) is 10.0 Å². The largest absolute Gasteiger partial charge is 0.349 e. The molecule has 0 N–H and O–H groups in total. The standard InChI is InChI=1S/C19H20FN3O3S/c1-13(14-8-10-15(20)11-9-14)23(3)18(24)12-22(2)19-16-6-4-5-7-17(16)27(25,26)21-19/h4-11,13H,12H2,1-3H3/t13-/m0/s1. The fourth-order valence-electron chi connectivity index (χ4n) is 2.93.